The van der Waals surface area contributed by atoms with E-state index in [1.54, 1.807) is 0 Å². The second-order valence-electron chi connectivity index (χ2n) is 6.24. The van der Waals surface area contributed by atoms with E-state index in [1.165, 1.54) is 0 Å². The molecule has 0 aliphatic rings. The van der Waals surface area contributed by atoms with Crippen LogP contribution >= 0.6 is 0 Å². The quantitative estimate of drug-likeness (QED) is 0.648. The number of aromatic nitrogens is 3. The highest BCUT2D eigenvalue weighted by Crippen LogP contribution is 2.02. The van der Waals surface area contributed by atoms with Gasteiger partial charge in [0.1, 0.15) is 17.5 Å². The first-order chi connectivity index (χ1) is 9.86. The summed E-state index contributed by atoms with van der Waals surface area (Å²) in [4.78, 5) is 20.3. The van der Waals surface area contributed by atoms with Crippen LogP contribution in [0.15, 0.2) is 0 Å². The molecule has 0 radical (unpaired) electrons. The van der Waals surface area contributed by atoms with Gasteiger partial charge in [-0.1, -0.05) is 0 Å². The molecule has 0 amide bonds. The number of hydrogen-bond acceptors (Lipinski definition) is 6. The lowest BCUT2D eigenvalue weighted by Gasteiger charge is -2.13. The van der Waals surface area contributed by atoms with Gasteiger partial charge >= 0.3 is 0 Å². The third-order valence-corrected chi connectivity index (χ3v) is 3.12. The molecular formula is C15H30N6. The highest BCUT2D eigenvalue weighted by molar-refractivity contribution is 4.99. The SMILES string of the molecule is CN(C)CCc1nc(CCN(C)C)nc(CCN(C)C)n1. The van der Waals surface area contributed by atoms with E-state index in [4.69, 9.17) is 0 Å². The molecule has 0 saturated carbocycles. The Kier molecular flexibility index (Phi) is 7.71. The normalized spacial score (nSPS) is 11.9. The molecule has 0 unspecified atom stereocenters. The zero-order chi connectivity index (χ0) is 15.8. The molecule has 1 aromatic heterocycles. The molecule has 0 saturated heterocycles. The minimum absolute atomic E-state index is 0.874. The fourth-order valence-corrected chi connectivity index (χ4v) is 1.83. The number of rotatable bonds is 9. The van der Waals surface area contributed by atoms with E-state index < -0.39 is 0 Å². The Hall–Kier alpha value is -1.11. The second-order valence-corrected chi connectivity index (χ2v) is 6.24. The molecule has 1 rings (SSSR count). The Bertz CT molecular complexity index is 342. The van der Waals surface area contributed by atoms with E-state index in [9.17, 15) is 0 Å². The third-order valence-electron chi connectivity index (χ3n) is 3.12. The minimum atomic E-state index is 0.874. The van der Waals surface area contributed by atoms with Crippen LogP contribution in [0.1, 0.15) is 17.5 Å². The summed E-state index contributed by atoms with van der Waals surface area (Å²) in [5.41, 5.74) is 0. The first-order valence-corrected chi connectivity index (χ1v) is 7.53. The summed E-state index contributed by atoms with van der Waals surface area (Å²) in [6.45, 7) is 2.89. The Morgan fingerprint density at radius 1 is 0.524 bits per heavy atom. The molecular weight excluding hydrogens is 264 g/mol. The van der Waals surface area contributed by atoms with Gasteiger partial charge in [0.05, 0.1) is 0 Å². The molecule has 0 aliphatic carbocycles. The maximum absolute atomic E-state index is 4.62. The lowest BCUT2D eigenvalue weighted by atomic mass is 10.3. The van der Waals surface area contributed by atoms with Crippen molar-refractivity contribution in [2.24, 2.45) is 0 Å². The first kappa shape index (κ1) is 17.9. The average Bonchev–Trinajstić information content (AvgIpc) is 2.40. The molecule has 1 aromatic rings. The lowest BCUT2D eigenvalue weighted by Crippen LogP contribution is -2.21. The van der Waals surface area contributed by atoms with Gasteiger partial charge in [-0.25, -0.2) is 15.0 Å². The Morgan fingerprint density at radius 2 is 0.762 bits per heavy atom. The third kappa shape index (κ3) is 8.04. The smallest absolute Gasteiger partial charge is 0.133 e. The van der Waals surface area contributed by atoms with Crippen molar-refractivity contribution in [1.82, 2.24) is 29.7 Å². The van der Waals surface area contributed by atoms with E-state index in [0.717, 1.165) is 56.4 Å². The van der Waals surface area contributed by atoms with Crippen LogP contribution in [0.3, 0.4) is 0 Å². The minimum Gasteiger partial charge on any atom is -0.309 e. The van der Waals surface area contributed by atoms with Crippen LogP contribution in [0.25, 0.3) is 0 Å². The molecule has 0 spiro atoms. The van der Waals surface area contributed by atoms with Crippen molar-refractivity contribution in [1.29, 1.82) is 0 Å². The molecule has 21 heavy (non-hydrogen) atoms. The van der Waals surface area contributed by atoms with Crippen molar-refractivity contribution < 1.29 is 0 Å². The van der Waals surface area contributed by atoms with Gasteiger partial charge in [-0.2, -0.15) is 0 Å². The van der Waals surface area contributed by atoms with Crippen LogP contribution < -0.4 is 0 Å². The summed E-state index contributed by atoms with van der Waals surface area (Å²) in [5.74, 6) is 2.75. The van der Waals surface area contributed by atoms with Crippen molar-refractivity contribution in [3.05, 3.63) is 17.5 Å². The summed E-state index contributed by atoms with van der Waals surface area (Å²) < 4.78 is 0. The zero-order valence-electron chi connectivity index (χ0n) is 14.4. The molecule has 0 bridgehead atoms. The maximum atomic E-state index is 4.62. The summed E-state index contributed by atoms with van der Waals surface area (Å²) in [6, 6.07) is 0. The van der Waals surface area contributed by atoms with Gasteiger partial charge in [-0.3, -0.25) is 0 Å². The van der Waals surface area contributed by atoms with Crippen LogP contribution in [0.5, 0.6) is 0 Å². The van der Waals surface area contributed by atoms with Gasteiger partial charge in [-0.15, -0.1) is 0 Å². The summed E-state index contributed by atoms with van der Waals surface area (Å²) >= 11 is 0. The highest BCUT2D eigenvalue weighted by atomic mass is 15.1. The molecule has 0 aromatic carbocycles. The molecule has 0 N–H and O–H groups in total. The maximum Gasteiger partial charge on any atom is 0.133 e. The number of nitrogens with zero attached hydrogens (tertiary/aromatic N) is 6. The number of likely N-dealkylation sites (N-methyl/N-ethyl adjacent to an activating group) is 3. The van der Waals surface area contributed by atoms with Gasteiger partial charge in [0.25, 0.3) is 0 Å². The van der Waals surface area contributed by atoms with E-state index in [2.05, 4.69) is 71.9 Å². The Balaban J connectivity index is 2.79. The van der Waals surface area contributed by atoms with E-state index >= 15 is 0 Å². The fourth-order valence-electron chi connectivity index (χ4n) is 1.83. The van der Waals surface area contributed by atoms with Crippen LogP contribution in [0.4, 0.5) is 0 Å². The molecule has 6 heteroatoms. The zero-order valence-corrected chi connectivity index (χ0v) is 14.4. The van der Waals surface area contributed by atoms with Crippen LogP contribution in [-0.2, 0) is 19.3 Å². The topological polar surface area (TPSA) is 48.4 Å². The van der Waals surface area contributed by atoms with Crippen molar-refractivity contribution in [3.8, 4) is 0 Å². The van der Waals surface area contributed by atoms with Crippen LogP contribution in [0.2, 0.25) is 0 Å². The van der Waals surface area contributed by atoms with Gasteiger partial charge in [0.15, 0.2) is 0 Å². The predicted molar refractivity (Wildman–Crippen MR) is 86.6 cm³/mol. The molecule has 1 heterocycles. The Labute approximate surface area is 129 Å². The molecule has 6 nitrogen and oxygen atoms in total. The summed E-state index contributed by atoms with van der Waals surface area (Å²) in [5, 5.41) is 0. The summed E-state index contributed by atoms with van der Waals surface area (Å²) in [6.07, 6.45) is 2.62. The van der Waals surface area contributed by atoms with Crippen LogP contribution in [0, 0.1) is 0 Å². The van der Waals surface area contributed by atoms with E-state index in [0.29, 0.717) is 0 Å². The van der Waals surface area contributed by atoms with Crippen molar-refractivity contribution in [3.63, 3.8) is 0 Å². The lowest BCUT2D eigenvalue weighted by molar-refractivity contribution is 0.397. The average molecular weight is 294 g/mol. The molecule has 0 fully saturated rings. The Morgan fingerprint density at radius 3 is 0.952 bits per heavy atom. The molecule has 0 aliphatic heterocycles. The van der Waals surface area contributed by atoms with Gasteiger partial charge in [-0.05, 0) is 42.3 Å². The van der Waals surface area contributed by atoms with Crippen molar-refractivity contribution in [2.45, 2.75) is 19.3 Å². The predicted octanol–water partition coefficient (Wildman–Crippen LogP) is 0.184. The second kappa shape index (κ2) is 9.02. The highest BCUT2D eigenvalue weighted by Gasteiger charge is 2.08. The van der Waals surface area contributed by atoms with Crippen molar-refractivity contribution in [2.75, 3.05) is 61.9 Å². The summed E-state index contributed by atoms with van der Waals surface area (Å²) in [7, 11) is 12.4. The van der Waals surface area contributed by atoms with Gasteiger partial charge < -0.3 is 14.7 Å². The monoisotopic (exact) mass is 294 g/mol. The fraction of sp³-hybridized carbons (Fsp3) is 0.800. The van der Waals surface area contributed by atoms with Crippen LogP contribution in [-0.4, -0.2) is 91.6 Å². The largest absolute Gasteiger partial charge is 0.309 e. The van der Waals surface area contributed by atoms with E-state index in [-0.39, 0.29) is 0 Å². The van der Waals surface area contributed by atoms with Crippen molar-refractivity contribution >= 4 is 0 Å². The molecule has 120 valence electrons. The first-order valence-electron chi connectivity index (χ1n) is 7.53. The van der Waals surface area contributed by atoms with Gasteiger partial charge in [0.2, 0.25) is 0 Å². The standard InChI is InChI=1S/C15H30N6/c1-19(2)10-7-13-16-14(8-11-20(3)4)18-15(17-13)9-12-21(5)6/h7-12H2,1-6H3. The molecule has 0 atom stereocenters. The van der Waals surface area contributed by atoms with Gasteiger partial charge in [0, 0.05) is 38.9 Å². The number of hydrogen-bond donors (Lipinski definition) is 0. The van der Waals surface area contributed by atoms with E-state index in [1.807, 2.05) is 0 Å².